The van der Waals surface area contributed by atoms with Crippen molar-refractivity contribution < 1.29 is 57.3 Å². The van der Waals surface area contributed by atoms with E-state index in [4.69, 9.17) is 18.9 Å². The van der Waals surface area contributed by atoms with Crippen LogP contribution in [0.15, 0.2) is 36.4 Å². The van der Waals surface area contributed by atoms with Crippen LogP contribution >= 0.6 is 11.8 Å². The Balaban J connectivity index is 2.32. The first-order valence-electron chi connectivity index (χ1n) is 22.9. The highest BCUT2D eigenvalue weighted by Gasteiger charge is 2.35. The molecule has 1 heterocycles. The molecule has 0 saturated carbocycles. The number of ketones is 2. The number of carbonyl (C=O) groups excluding carboxylic acids is 8. The van der Waals surface area contributed by atoms with Gasteiger partial charge in [0.1, 0.15) is 48.0 Å². The molecule has 4 bridgehead atoms. The van der Waals surface area contributed by atoms with Crippen molar-refractivity contribution in [1.29, 1.82) is 0 Å². The van der Waals surface area contributed by atoms with Crippen molar-refractivity contribution in [2.75, 3.05) is 45.4 Å². The molecule has 0 aliphatic carbocycles. The number of likely N-dealkylation sites (N-methyl/N-ethyl adjacent to an activating group) is 1. The predicted molar refractivity (Wildman–Crippen MR) is 259 cm³/mol. The van der Waals surface area contributed by atoms with Gasteiger partial charge in [-0.1, -0.05) is 12.1 Å². The SMILES string of the molecule is CSCC[C@H](NC(C)=O)C(=O)N(C)[C@@H]1C(=O)N[C@@H](C)C(=O)CCC[C@H](C(=O)N[C@@H](C)C(C)=O)Cc2ccc(OCCNC(=O)OC(C)(C)C)c(c2)-c2cc1ccc2OCCNC(=O)OC(C)(C)C. The van der Waals surface area contributed by atoms with E-state index in [1.54, 1.807) is 85.7 Å². The molecule has 6 amide bonds. The van der Waals surface area contributed by atoms with Crippen LogP contribution in [0.25, 0.3) is 11.1 Å². The van der Waals surface area contributed by atoms with E-state index in [-0.39, 0.29) is 81.6 Å². The molecule has 0 unspecified atom stereocenters. The smallest absolute Gasteiger partial charge is 0.407 e. The van der Waals surface area contributed by atoms with Crippen molar-refractivity contribution in [3.63, 3.8) is 0 Å². The summed E-state index contributed by atoms with van der Waals surface area (Å²) in [5.74, 6) is -2.04. The first-order chi connectivity index (χ1) is 31.8. The summed E-state index contributed by atoms with van der Waals surface area (Å²) in [5, 5.41) is 13.7. The number of hydrogen-bond donors (Lipinski definition) is 5. The number of nitrogens with one attached hydrogen (secondary N) is 5. The lowest BCUT2D eigenvalue weighted by molar-refractivity contribution is -0.142. The number of amides is 6. The van der Waals surface area contributed by atoms with Crippen molar-refractivity contribution in [3.8, 4) is 22.6 Å². The number of benzene rings is 2. The summed E-state index contributed by atoms with van der Waals surface area (Å²) < 4.78 is 23.4. The first kappa shape index (κ1) is 56.5. The summed E-state index contributed by atoms with van der Waals surface area (Å²) in [6.45, 7) is 16.4. The van der Waals surface area contributed by atoms with Gasteiger partial charge in [-0.15, -0.1) is 0 Å². The van der Waals surface area contributed by atoms with Crippen LogP contribution in [0.1, 0.15) is 112 Å². The number of fused-ring (bicyclic) bond motifs is 5. The van der Waals surface area contributed by atoms with Gasteiger partial charge in [0.2, 0.25) is 23.6 Å². The highest BCUT2D eigenvalue weighted by atomic mass is 32.2. The Labute approximate surface area is 404 Å². The van der Waals surface area contributed by atoms with Gasteiger partial charge >= 0.3 is 12.2 Å². The van der Waals surface area contributed by atoms with E-state index in [0.717, 1.165) is 0 Å². The third-order valence-electron chi connectivity index (χ3n) is 10.6. The van der Waals surface area contributed by atoms with Crippen LogP contribution in [-0.2, 0) is 44.7 Å². The minimum absolute atomic E-state index is 0.00991. The normalized spacial score (nSPS) is 17.6. The van der Waals surface area contributed by atoms with Crippen molar-refractivity contribution >= 4 is 59.1 Å². The molecule has 1 aliphatic rings. The van der Waals surface area contributed by atoms with Gasteiger partial charge in [0.05, 0.1) is 25.2 Å². The first-order valence-corrected chi connectivity index (χ1v) is 24.3. The van der Waals surface area contributed by atoms with Gasteiger partial charge in [0.15, 0.2) is 11.6 Å². The van der Waals surface area contributed by atoms with E-state index in [9.17, 15) is 38.4 Å². The van der Waals surface area contributed by atoms with Crippen LogP contribution < -0.4 is 36.1 Å². The quantitative estimate of drug-likeness (QED) is 0.125. The fraction of sp³-hybridized carbons (Fsp3) is 0.592. The van der Waals surface area contributed by atoms with Gasteiger partial charge in [-0.25, -0.2) is 9.59 Å². The zero-order valence-electron chi connectivity index (χ0n) is 41.7. The maximum Gasteiger partial charge on any atom is 0.407 e. The number of ether oxygens (including phenoxy) is 4. The second-order valence-electron chi connectivity index (χ2n) is 18.9. The van der Waals surface area contributed by atoms with Crippen LogP contribution in [0.5, 0.6) is 11.5 Å². The van der Waals surface area contributed by atoms with Crippen LogP contribution in [0.4, 0.5) is 9.59 Å². The maximum absolute atomic E-state index is 14.6. The average Bonchev–Trinajstić information content (AvgIpc) is 3.23. The third kappa shape index (κ3) is 18.7. The van der Waals surface area contributed by atoms with Gasteiger partial charge in [0.25, 0.3) is 0 Å². The number of Topliss-reactive ketones (excluding diaryl/α,β-unsaturated/α-hetero) is 2. The van der Waals surface area contributed by atoms with Crippen molar-refractivity contribution in [2.45, 2.75) is 137 Å². The van der Waals surface area contributed by atoms with E-state index < -0.39 is 71.2 Å². The molecule has 376 valence electrons. The second-order valence-corrected chi connectivity index (χ2v) is 19.8. The summed E-state index contributed by atoms with van der Waals surface area (Å²) in [7, 11) is 1.46. The van der Waals surface area contributed by atoms with E-state index in [0.29, 0.717) is 33.8 Å². The molecule has 1 aliphatic heterocycles. The van der Waals surface area contributed by atoms with Gasteiger partial charge in [0, 0.05) is 37.4 Å². The largest absolute Gasteiger partial charge is 0.491 e. The Bertz CT molecular complexity index is 2120. The van der Waals surface area contributed by atoms with Crippen LogP contribution in [-0.4, -0.2) is 127 Å². The molecular weight excluding hydrogens is 897 g/mol. The van der Waals surface area contributed by atoms with E-state index in [2.05, 4.69) is 26.6 Å². The molecule has 2 aromatic carbocycles. The van der Waals surface area contributed by atoms with Gasteiger partial charge in [-0.2, -0.15) is 11.8 Å². The average molecular weight is 969 g/mol. The standard InChI is InChI=1S/C49H72N6O12S/c1-29(31(3)56)52-43(59)35-14-13-15-39(58)30(2)53-44(60)42(55(11)45(61)38(20-25-68-12)54-32(4)57)34-17-19-41(65-24-22-51-47(63)67-49(8,9)10)37(28-34)36-27-33(26-35)16-18-40(36)64-23-21-50-46(62)66-48(5,6)7/h16-19,27-30,35,38,42H,13-15,20-26H2,1-12H3,(H,50,62)(H,51,63)(H,52,59)(H,53,60)(H,54,57)/t29-,30-,35-,38-,42-/m0/s1. The van der Waals surface area contributed by atoms with Crippen molar-refractivity contribution in [2.24, 2.45) is 5.92 Å². The fourth-order valence-electron chi connectivity index (χ4n) is 7.17. The highest BCUT2D eigenvalue weighted by Crippen LogP contribution is 2.40. The summed E-state index contributed by atoms with van der Waals surface area (Å²) in [6.07, 6.45) is 1.65. The maximum atomic E-state index is 14.6. The van der Waals surface area contributed by atoms with Crippen LogP contribution in [0.2, 0.25) is 0 Å². The van der Waals surface area contributed by atoms with Gasteiger partial charge < -0.3 is 50.4 Å². The zero-order valence-corrected chi connectivity index (χ0v) is 42.5. The lowest BCUT2D eigenvalue weighted by atomic mass is 9.89. The fourth-order valence-corrected chi connectivity index (χ4v) is 7.64. The monoisotopic (exact) mass is 968 g/mol. The van der Waals surface area contributed by atoms with Crippen molar-refractivity contribution in [1.82, 2.24) is 31.5 Å². The third-order valence-corrected chi connectivity index (χ3v) is 11.3. The van der Waals surface area contributed by atoms with E-state index in [1.807, 2.05) is 12.3 Å². The number of nitrogens with zero attached hydrogens (tertiary/aromatic N) is 1. The minimum atomic E-state index is -1.33. The number of rotatable bonds is 17. The van der Waals surface area contributed by atoms with Gasteiger partial charge in [-0.05, 0) is 135 Å². The zero-order chi connectivity index (χ0) is 50.9. The molecule has 3 rings (SSSR count). The number of hydrogen-bond acceptors (Lipinski definition) is 13. The summed E-state index contributed by atoms with van der Waals surface area (Å²) in [4.78, 5) is 107. The molecule has 0 saturated heterocycles. The molecule has 2 aromatic rings. The molecule has 0 radical (unpaired) electrons. The van der Waals surface area contributed by atoms with E-state index in [1.165, 1.54) is 37.6 Å². The summed E-state index contributed by atoms with van der Waals surface area (Å²) in [5.41, 5.74) is 0.366. The number of alkyl carbamates (subject to hydrolysis) is 2. The summed E-state index contributed by atoms with van der Waals surface area (Å²) in [6, 6.07) is 6.18. The molecule has 68 heavy (non-hydrogen) atoms. The molecule has 0 aromatic heterocycles. The minimum Gasteiger partial charge on any atom is -0.491 e. The predicted octanol–water partition coefficient (Wildman–Crippen LogP) is 5.43. The molecule has 5 atom stereocenters. The number of thioether (sulfide) groups is 1. The summed E-state index contributed by atoms with van der Waals surface area (Å²) >= 11 is 1.49. The molecule has 19 heteroatoms. The topological polar surface area (TPSA) is 237 Å². The number of carbonyl (C=O) groups is 8. The molecular formula is C49H72N6O12S. The lowest BCUT2D eigenvalue weighted by Gasteiger charge is -2.32. The second kappa shape index (κ2) is 26.1. The van der Waals surface area contributed by atoms with E-state index >= 15 is 0 Å². The Morgan fingerprint density at radius 2 is 1.40 bits per heavy atom. The van der Waals surface area contributed by atoms with Crippen LogP contribution in [0, 0.1) is 5.92 Å². The van der Waals surface area contributed by atoms with Gasteiger partial charge in [-0.3, -0.25) is 28.8 Å². The Morgan fingerprint density at radius 1 is 0.838 bits per heavy atom. The Morgan fingerprint density at radius 3 is 1.93 bits per heavy atom. The molecule has 0 fully saturated rings. The Kier molecular flexibility index (Phi) is 21.6. The lowest BCUT2D eigenvalue weighted by Crippen LogP contribution is -2.52. The highest BCUT2D eigenvalue weighted by molar-refractivity contribution is 7.98. The molecule has 0 spiro atoms. The molecule has 18 nitrogen and oxygen atoms in total. The van der Waals surface area contributed by atoms with Crippen molar-refractivity contribution in [3.05, 3.63) is 47.5 Å². The Hall–Kier alpha value is -5.85. The van der Waals surface area contributed by atoms with Crippen LogP contribution in [0.3, 0.4) is 0 Å². The molecule has 5 N–H and O–H groups in total.